The van der Waals surface area contributed by atoms with Gasteiger partial charge in [-0.2, -0.15) is 15.4 Å². The second-order valence-electron chi connectivity index (χ2n) is 5.17. The first-order chi connectivity index (χ1) is 10.3. The van der Waals surface area contributed by atoms with Crippen LogP contribution in [-0.4, -0.2) is 52.0 Å². The largest absolute Gasteiger partial charge is 0.377 e. The molecule has 1 unspecified atom stereocenters. The second-order valence-corrected chi connectivity index (χ2v) is 5.17. The summed E-state index contributed by atoms with van der Waals surface area (Å²) in [6.45, 7) is 3.94. The Morgan fingerprint density at radius 2 is 2.14 bits per heavy atom. The highest BCUT2D eigenvalue weighted by Gasteiger charge is 2.26. The molecule has 0 spiro atoms. The molecule has 1 amide bonds. The molecule has 21 heavy (non-hydrogen) atoms. The molecule has 3 rings (SSSR count). The Bertz CT molecular complexity index is 611. The number of carbonyl (C=O) groups excluding carboxylic acids is 1. The molecule has 0 aliphatic carbocycles. The van der Waals surface area contributed by atoms with E-state index in [1.165, 1.54) is 0 Å². The minimum atomic E-state index is -0.0973. The summed E-state index contributed by atoms with van der Waals surface area (Å²) in [5.41, 5.74) is 1.85. The summed E-state index contributed by atoms with van der Waals surface area (Å²) in [7, 11) is 0. The first-order valence-electron chi connectivity index (χ1n) is 7.13. The summed E-state index contributed by atoms with van der Waals surface area (Å²) in [4.78, 5) is 14.5. The van der Waals surface area contributed by atoms with E-state index in [9.17, 15) is 4.79 Å². The van der Waals surface area contributed by atoms with Crippen LogP contribution in [0.25, 0.3) is 11.3 Å². The van der Waals surface area contributed by atoms with Crippen LogP contribution in [0.1, 0.15) is 23.8 Å². The Balaban J connectivity index is 1.87. The fourth-order valence-electron chi connectivity index (χ4n) is 2.51. The maximum atomic E-state index is 12.7. The van der Waals surface area contributed by atoms with E-state index < -0.39 is 0 Å². The van der Waals surface area contributed by atoms with E-state index in [1.54, 1.807) is 4.90 Å². The van der Waals surface area contributed by atoms with Crippen molar-refractivity contribution in [1.29, 1.82) is 0 Å². The predicted molar refractivity (Wildman–Crippen MR) is 77.8 cm³/mol. The van der Waals surface area contributed by atoms with Crippen LogP contribution in [0.2, 0.25) is 0 Å². The summed E-state index contributed by atoms with van der Waals surface area (Å²) in [5.74, 6) is -0.0973. The third kappa shape index (κ3) is 2.95. The van der Waals surface area contributed by atoms with Crippen molar-refractivity contribution in [2.45, 2.75) is 19.4 Å². The van der Waals surface area contributed by atoms with Crippen molar-refractivity contribution >= 4 is 5.91 Å². The van der Waals surface area contributed by atoms with Crippen LogP contribution in [-0.2, 0) is 4.74 Å². The number of hydrogen-bond donors (Lipinski definition) is 1. The van der Waals surface area contributed by atoms with E-state index in [1.807, 2.05) is 37.3 Å². The maximum absolute atomic E-state index is 12.7. The van der Waals surface area contributed by atoms with E-state index in [0.29, 0.717) is 31.1 Å². The number of H-pyrrole nitrogens is 1. The Kier molecular flexibility index (Phi) is 3.96. The van der Waals surface area contributed by atoms with Crippen LogP contribution >= 0.6 is 0 Å². The summed E-state index contributed by atoms with van der Waals surface area (Å²) >= 11 is 0. The number of rotatable bonds is 2. The highest BCUT2D eigenvalue weighted by atomic mass is 16.5. The van der Waals surface area contributed by atoms with E-state index in [-0.39, 0.29) is 12.0 Å². The van der Waals surface area contributed by atoms with Crippen LogP contribution in [0.3, 0.4) is 0 Å². The number of ether oxygens (including phenoxy) is 1. The Labute approximate surface area is 123 Å². The van der Waals surface area contributed by atoms with Gasteiger partial charge >= 0.3 is 0 Å². The van der Waals surface area contributed by atoms with Gasteiger partial charge in [-0.1, -0.05) is 30.3 Å². The van der Waals surface area contributed by atoms with Crippen LogP contribution in [0.15, 0.2) is 30.3 Å². The number of aromatic nitrogens is 3. The number of amides is 1. The lowest BCUT2D eigenvalue weighted by Gasteiger charge is -2.21. The van der Waals surface area contributed by atoms with Crippen molar-refractivity contribution in [2.24, 2.45) is 0 Å². The third-order valence-corrected chi connectivity index (χ3v) is 3.54. The lowest BCUT2D eigenvalue weighted by molar-refractivity contribution is 0.0560. The van der Waals surface area contributed by atoms with E-state index in [0.717, 1.165) is 12.0 Å². The monoisotopic (exact) mass is 286 g/mol. The van der Waals surface area contributed by atoms with Crippen molar-refractivity contribution in [1.82, 2.24) is 20.3 Å². The number of benzene rings is 1. The highest BCUT2D eigenvalue weighted by Crippen LogP contribution is 2.21. The van der Waals surface area contributed by atoms with Gasteiger partial charge in [-0.3, -0.25) is 4.79 Å². The van der Waals surface area contributed by atoms with Crippen LogP contribution in [0.4, 0.5) is 0 Å². The first kappa shape index (κ1) is 13.8. The first-order valence-corrected chi connectivity index (χ1v) is 7.13. The van der Waals surface area contributed by atoms with Gasteiger partial charge in [-0.15, -0.1) is 0 Å². The van der Waals surface area contributed by atoms with Crippen molar-refractivity contribution in [3.63, 3.8) is 0 Å². The topological polar surface area (TPSA) is 71.1 Å². The SMILES string of the molecule is CC1CN(C(=O)c2n[nH]nc2-c2ccccc2)CCCO1. The second kappa shape index (κ2) is 6.05. The molecule has 6 heteroatoms. The molecule has 1 aromatic heterocycles. The van der Waals surface area contributed by atoms with Crippen LogP contribution in [0.5, 0.6) is 0 Å². The number of carbonyl (C=O) groups is 1. The van der Waals surface area contributed by atoms with Gasteiger partial charge in [-0.25, -0.2) is 0 Å². The zero-order chi connectivity index (χ0) is 14.7. The Hall–Kier alpha value is -2.21. The molecule has 0 bridgehead atoms. The lowest BCUT2D eigenvalue weighted by Crippen LogP contribution is -2.36. The molecule has 1 atom stereocenters. The normalized spacial score (nSPS) is 19.3. The van der Waals surface area contributed by atoms with E-state index in [4.69, 9.17) is 4.74 Å². The molecular formula is C15H18N4O2. The maximum Gasteiger partial charge on any atom is 0.276 e. The number of aromatic amines is 1. The average molecular weight is 286 g/mol. The van der Waals surface area contributed by atoms with Gasteiger partial charge in [0.25, 0.3) is 5.91 Å². The average Bonchev–Trinajstić information content (AvgIpc) is 2.90. The summed E-state index contributed by atoms with van der Waals surface area (Å²) in [6, 6.07) is 9.60. The molecule has 2 heterocycles. The van der Waals surface area contributed by atoms with Gasteiger partial charge in [-0.05, 0) is 13.3 Å². The fraction of sp³-hybridized carbons (Fsp3) is 0.400. The molecule has 0 saturated carbocycles. The zero-order valence-corrected chi connectivity index (χ0v) is 12.0. The molecule has 1 aromatic carbocycles. The van der Waals surface area contributed by atoms with Crippen molar-refractivity contribution < 1.29 is 9.53 Å². The van der Waals surface area contributed by atoms with Crippen molar-refractivity contribution in [3.05, 3.63) is 36.0 Å². The van der Waals surface area contributed by atoms with Gasteiger partial charge in [0.05, 0.1) is 6.10 Å². The van der Waals surface area contributed by atoms with Gasteiger partial charge in [0.2, 0.25) is 0 Å². The molecule has 1 fully saturated rings. The van der Waals surface area contributed by atoms with Crippen LogP contribution < -0.4 is 0 Å². The van der Waals surface area contributed by atoms with Gasteiger partial charge in [0, 0.05) is 25.3 Å². The molecule has 110 valence electrons. The highest BCUT2D eigenvalue weighted by molar-refractivity contribution is 5.97. The Morgan fingerprint density at radius 1 is 1.33 bits per heavy atom. The number of nitrogens with one attached hydrogen (secondary N) is 1. The van der Waals surface area contributed by atoms with E-state index >= 15 is 0 Å². The fourth-order valence-corrected chi connectivity index (χ4v) is 2.51. The molecule has 2 aromatic rings. The summed E-state index contributed by atoms with van der Waals surface area (Å²) in [5, 5.41) is 10.8. The minimum absolute atomic E-state index is 0.0449. The Morgan fingerprint density at radius 3 is 2.95 bits per heavy atom. The molecular weight excluding hydrogens is 268 g/mol. The third-order valence-electron chi connectivity index (χ3n) is 3.54. The predicted octanol–water partition coefficient (Wildman–Crippen LogP) is 1.72. The quantitative estimate of drug-likeness (QED) is 0.912. The lowest BCUT2D eigenvalue weighted by atomic mass is 10.1. The molecule has 6 nitrogen and oxygen atoms in total. The standard InChI is InChI=1S/C15H18N4O2/c1-11-10-19(8-5-9-21-11)15(20)14-13(16-18-17-14)12-6-3-2-4-7-12/h2-4,6-7,11H,5,8-10H2,1H3,(H,16,17,18). The molecule has 1 aliphatic heterocycles. The number of hydrogen-bond acceptors (Lipinski definition) is 4. The van der Waals surface area contributed by atoms with Gasteiger partial charge < -0.3 is 9.64 Å². The molecule has 0 radical (unpaired) electrons. The summed E-state index contributed by atoms with van der Waals surface area (Å²) < 4.78 is 5.58. The van der Waals surface area contributed by atoms with E-state index in [2.05, 4.69) is 15.4 Å². The summed E-state index contributed by atoms with van der Waals surface area (Å²) in [6.07, 6.45) is 0.887. The van der Waals surface area contributed by atoms with Crippen molar-refractivity contribution in [2.75, 3.05) is 19.7 Å². The smallest absolute Gasteiger partial charge is 0.276 e. The van der Waals surface area contributed by atoms with Gasteiger partial charge in [0.1, 0.15) is 5.69 Å². The molecule has 1 N–H and O–H groups in total. The molecule has 1 saturated heterocycles. The minimum Gasteiger partial charge on any atom is -0.377 e. The molecule has 1 aliphatic rings. The van der Waals surface area contributed by atoms with Crippen molar-refractivity contribution in [3.8, 4) is 11.3 Å². The van der Waals surface area contributed by atoms with Crippen LogP contribution in [0, 0.1) is 0 Å². The zero-order valence-electron chi connectivity index (χ0n) is 12.0. The van der Waals surface area contributed by atoms with Gasteiger partial charge in [0.15, 0.2) is 5.69 Å². The number of nitrogens with zero attached hydrogens (tertiary/aromatic N) is 3.